The van der Waals surface area contributed by atoms with E-state index in [1.807, 2.05) is 39.0 Å². The molecule has 0 bridgehead atoms. The number of pyridine rings is 1. The van der Waals surface area contributed by atoms with Gasteiger partial charge in [0.15, 0.2) is 5.69 Å². The zero-order valence-electron chi connectivity index (χ0n) is 12.1. The molecule has 0 saturated carbocycles. The van der Waals surface area contributed by atoms with Crippen molar-refractivity contribution in [2.75, 3.05) is 13.7 Å². The predicted octanol–water partition coefficient (Wildman–Crippen LogP) is 4.21. The van der Waals surface area contributed by atoms with Crippen molar-refractivity contribution in [2.24, 2.45) is 0 Å². The third-order valence-corrected chi connectivity index (χ3v) is 2.92. The summed E-state index contributed by atoms with van der Waals surface area (Å²) in [6, 6.07) is 7.21. The number of esters is 1. The molecule has 0 saturated heterocycles. The van der Waals surface area contributed by atoms with E-state index in [2.05, 4.69) is 25.7 Å². The average molecular weight is 340 g/mol. The first-order valence-electron chi connectivity index (χ1n) is 6.47. The molecule has 0 aliphatic heterocycles. The van der Waals surface area contributed by atoms with Gasteiger partial charge in [0.1, 0.15) is 5.75 Å². The van der Waals surface area contributed by atoms with Crippen LogP contribution in [0.5, 0.6) is 5.75 Å². The van der Waals surface area contributed by atoms with Crippen LogP contribution in [0.4, 0.5) is 0 Å². The van der Waals surface area contributed by atoms with Gasteiger partial charge in [-0.05, 0) is 25.1 Å². The predicted molar refractivity (Wildman–Crippen MR) is 83.3 cm³/mol. The number of fused-ring (bicyclic) bond motifs is 1. The number of nitrogens with zero attached hydrogens (tertiary/aromatic N) is 1. The molecule has 1 heterocycles. The number of carbonyl (C=O) groups is 1. The molecule has 0 spiro atoms. The first-order chi connectivity index (χ1) is 9.65. The summed E-state index contributed by atoms with van der Waals surface area (Å²) in [5, 5.41) is 0.860. The minimum Gasteiger partial charge on any atom is -0.493 e. The van der Waals surface area contributed by atoms with Crippen LogP contribution < -0.4 is 4.74 Å². The lowest BCUT2D eigenvalue weighted by Crippen LogP contribution is -2.05. The Morgan fingerprint density at radius 2 is 2.00 bits per heavy atom. The molecular formula is C15H18BrNO3. The fourth-order valence-electron chi connectivity index (χ4n) is 1.65. The first-order valence-corrected chi connectivity index (χ1v) is 7.26. The molecule has 0 amide bonds. The van der Waals surface area contributed by atoms with Crippen LogP contribution in [0.25, 0.3) is 10.9 Å². The van der Waals surface area contributed by atoms with Crippen molar-refractivity contribution in [3.8, 4) is 5.75 Å². The van der Waals surface area contributed by atoms with Crippen molar-refractivity contribution >= 4 is 32.8 Å². The molecule has 0 atom stereocenters. The molecule has 0 N–H and O–H groups in total. The van der Waals surface area contributed by atoms with Crippen molar-refractivity contribution in [3.05, 3.63) is 34.4 Å². The van der Waals surface area contributed by atoms with Crippen molar-refractivity contribution in [3.63, 3.8) is 0 Å². The summed E-state index contributed by atoms with van der Waals surface area (Å²) in [5.74, 6) is 0.157. The van der Waals surface area contributed by atoms with Crippen LogP contribution in [-0.2, 0) is 4.74 Å². The summed E-state index contributed by atoms with van der Waals surface area (Å²) >= 11 is 3.40. The van der Waals surface area contributed by atoms with Crippen molar-refractivity contribution in [2.45, 2.75) is 20.8 Å². The monoisotopic (exact) mass is 339 g/mol. The molecule has 108 valence electrons. The molecule has 0 aliphatic carbocycles. The maximum atomic E-state index is 11.5. The smallest absolute Gasteiger partial charge is 0.356 e. The van der Waals surface area contributed by atoms with Gasteiger partial charge in [-0.2, -0.15) is 0 Å². The topological polar surface area (TPSA) is 48.4 Å². The quantitative estimate of drug-likeness (QED) is 0.786. The molecule has 1 aromatic heterocycles. The van der Waals surface area contributed by atoms with Crippen LogP contribution in [0, 0.1) is 0 Å². The van der Waals surface area contributed by atoms with Gasteiger partial charge in [0.25, 0.3) is 0 Å². The van der Waals surface area contributed by atoms with E-state index in [0.717, 1.165) is 9.86 Å². The number of ether oxygens (including phenoxy) is 2. The molecule has 0 fully saturated rings. The van der Waals surface area contributed by atoms with E-state index in [1.54, 1.807) is 6.07 Å². The number of hydrogen-bond donors (Lipinski definition) is 0. The number of carbonyl (C=O) groups excluding carboxylic acids is 1. The van der Waals surface area contributed by atoms with E-state index < -0.39 is 5.97 Å². The van der Waals surface area contributed by atoms with E-state index in [9.17, 15) is 4.79 Å². The van der Waals surface area contributed by atoms with Gasteiger partial charge in [0, 0.05) is 15.9 Å². The number of hydrogen-bond acceptors (Lipinski definition) is 4. The van der Waals surface area contributed by atoms with Crippen LogP contribution >= 0.6 is 15.9 Å². The van der Waals surface area contributed by atoms with E-state index in [0.29, 0.717) is 17.9 Å². The SMILES string of the molecule is CC.CCOc1cc(C(=O)OC)nc2ccc(Br)cc12. The van der Waals surface area contributed by atoms with Crippen LogP contribution in [0.3, 0.4) is 0 Å². The third kappa shape index (κ3) is 3.70. The molecular weight excluding hydrogens is 322 g/mol. The molecule has 4 nitrogen and oxygen atoms in total. The van der Waals surface area contributed by atoms with E-state index in [-0.39, 0.29) is 5.69 Å². The average Bonchev–Trinajstić information content (AvgIpc) is 2.49. The Morgan fingerprint density at radius 1 is 1.30 bits per heavy atom. The number of rotatable bonds is 3. The lowest BCUT2D eigenvalue weighted by Gasteiger charge is -2.09. The van der Waals surface area contributed by atoms with Gasteiger partial charge < -0.3 is 9.47 Å². The summed E-state index contributed by atoms with van der Waals surface area (Å²) < 4.78 is 11.2. The van der Waals surface area contributed by atoms with E-state index in [1.165, 1.54) is 7.11 Å². The normalized spacial score (nSPS) is 9.65. The number of benzene rings is 1. The minimum absolute atomic E-state index is 0.246. The van der Waals surface area contributed by atoms with Gasteiger partial charge in [0.05, 0.1) is 19.2 Å². The Bertz CT molecular complexity index is 599. The van der Waals surface area contributed by atoms with Gasteiger partial charge in [-0.15, -0.1) is 0 Å². The van der Waals surface area contributed by atoms with Crippen molar-refractivity contribution in [1.29, 1.82) is 0 Å². The molecule has 1 aromatic carbocycles. The van der Waals surface area contributed by atoms with Crippen LogP contribution in [0.2, 0.25) is 0 Å². The van der Waals surface area contributed by atoms with E-state index in [4.69, 9.17) is 4.74 Å². The van der Waals surface area contributed by atoms with E-state index >= 15 is 0 Å². The van der Waals surface area contributed by atoms with Crippen LogP contribution in [-0.4, -0.2) is 24.7 Å². The Balaban J connectivity index is 0.000000956. The van der Waals surface area contributed by atoms with Crippen LogP contribution in [0.1, 0.15) is 31.3 Å². The molecule has 5 heteroatoms. The maximum Gasteiger partial charge on any atom is 0.356 e. The Morgan fingerprint density at radius 3 is 2.60 bits per heavy atom. The Labute approximate surface area is 127 Å². The zero-order valence-corrected chi connectivity index (χ0v) is 13.7. The Kier molecular flexibility index (Phi) is 6.45. The molecule has 2 aromatic rings. The lowest BCUT2D eigenvalue weighted by atomic mass is 10.2. The second kappa shape index (κ2) is 7.85. The lowest BCUT2D eigenvalue weighted by molar-refractivity contribution is 0.0594. The fraction of sp³-hybridized carbons (Fsp3) is 0.333. The van der Waals surface area contributed by atoms with Crippen molar-refractivity contribution in [1.82, 2.24) is 4.98 Å². The van der Waals surface area contributed by atoms with Gasteiger partial charge in [-0.1, -0.05) is 29.8 Å². The molecule has 2 rings (SSSR count). The highest BCUT2D eigenvalue weighted by Crippen LogP contribution is 2.28. The first kappa shape index (κ1) is 16.4. The standard InChI is InChI=1S/C13H12BrNO3.C2H6/c1-3-18-12-7-11(13(16)17-2)15-10-5-4-8(14)6-9(10)12;1-2/h4-7H,3H2,1-2H3;1-2H3. The highest BCUT2D eigenvalue weighted by Gasteiger charge is 2.13. The zero-order chi connectivity index (χ0) is 15.1. The van der Waals surface area contributed by atoms with Crippen molar-refractivity contribution < 1.29 is 14.3 Å². The summed E-state index contributed by atoms with van der Waals surface area (Å²) in [6.45, 7) is 6.41. The second-order valence-electron chi connectivity index (χ2n) is 3.59. The summed E-state index contributed by atoms with van der Waals surface area (Å²) in [6.07, 6.45) is 0. The van der Waals surface area contributed by atoms with Crippen LogP contribution in [0.15, 0.2) is 28.7 Å². The molecule has 0 radical (unpaired) electrons. The number of methoxy groups -OCH3 is 1. The Hall–Kier alpha value is -1.62. The molecule has 20 heavy (non-hydrogen) atoms. The third-order valence-electron chi connectivity index (χ3n) is 2.43. The highest BCUT2D eigenvalue weighted by molar-refractivity contribution is 9.10. The highest BCUT2D eigenvalue weighted by atomic mass is 79.9. The van der Waals surface area contributed by atoms with Gasteiger partial charge >= 0.3 is 5.97 Å². The molecule has 0 aliphatic rings. The minimum atomic E-state index is -0.472. The van der Waals surface area contributed by atoms with Gasteiger partial charge in [-0.3, -0.25) is 0 Å². The molecule has 0 unspecified atom stereocenters. The fourth-order valence-corrected chi connectivity index (χ4v) is 2.01. The summed E-state index contributed by atoms with van der Waals surface area (Å²) in [4.78, 5) is 15.8. The van der Waals surface area contributed by atoms with Gasteiger partial charge in [-0.25, -0.2) is 9.78 Å². The summed E-state index contributed by atoms with van der Waals surface area (Å²) in [5.41, 5.74) is 0.945. The number of aromatic nitrogens is 1. The van der Waals surface area contributed by atoms with Gasteiger partial charge in [0.2, 0.25) is 0 Å². The largest absolute Gasteiger partial charge is 0.493 e. The summed E-state index contributed by atoms with van der Waals surface area (Å²) in [7, 11) is 1.33. The second-order valence-corrected chi connectivity index (χ2v) is 4.51. The number of halogens is 1. The maximum absolute atomic E-state index is 11.5.